The summed E-state index contributed by atoms with van der Waals surface area (Å²) in [7, 11) is -3.35. The summed E-state index contributed by atoms with van der Waals surface area (Å²) >= 11 is 0. The molecule has 160 valence electrons. The van der Waals surface area contributed by atoms with Crippen molar-refractivity contribution < 1.29 is 22.7 Å². The van der Waals surface area contributed by atoms with Gasteiger partial charge in [0.25, 0.3) is 5.56 Å². The number of nitrogens with zero attached hydrogens (tertiary/aromatic N) is 3. The van der Waals surface area contributed by atoms with Crippen molar-refractivity contribution in [2.24, 2.45) is 0 Å². The average molecular weight is 433 g/mol. The van der Waals surface area contributed by atoms with Crippen molar-refractivity contribution in [1.82, 2.24) is 9.55 Å². The molecule has 0 bridgehead atoms. The first-order chi connectivity index (χ1) is 14.3. The van der Waals surface area contributed by atoms with Gasteiger partial charge in [-0.3, -0.25) is 9.36 Å². The van der Waals surface area contributed by atoms with Crippen LogP contribution in [0.1, 0.15) is 12.6 Å². The van der Waals surface area contributed by atoms with Crippen molar-refractivity contribution in [3.63, 3.8) is 0 Å². The molecule has 0 aliphatic carbocycles. The van der Waals surface area contributed by atoms with E-state index in [1.54, 1.807) is 19.1 Å². The van der Waals surface area contributed by atoms with Gasteiger partial charge in [-0.2, -0.15) is 0 Å². The minimum atomic E-state index is -3.35. The normalized spacial score (nSPS) is 14.8. The van der Waals surface area contributed by atoms with Crippen LogP contribution >= 0.6 is 0 Å². The first-order valence-corrected chi connectivity index (χ1v) is 11.3. The number of sulfone groups is 1. The van der Waals surface area contributed by atoms with E-state index in [0.717, 1.165) is 6.26 Å². The Morgan fingerprint density at radius 3 is 2.50 bits per heavy atom. The Balaban J connectivity index is 2.07. The summed E-state index contributed by atoms with van der Waals surface area (Å²) in [6.45, 7) is 3.95. The summed E-state index contributed by atoms with van der Waals surface area (Å²) in [6.07, 6.45) is 5.34. The Morgan fingerprint density at radius 1 is 1.23 bits per heavy atom. The number of hydrogen-bond acceptors (Lipinski definition) is 8. The van der Waals surface area contributed by atoms with Crippen LogP contribution in [0, 0.1) is 0 Å². The number of ether oxygens (including phenoxy) is 2. The van der Waals surface area contributed by atoms with Crippen LogP contribution in [0.2, 0.25) is 0 Å². The predicted octanol–water partition coefficient (Wildman–Crippen LogP) is 1.05. The number of benzene rings is 1. The van der Waals surface area contributed by atoms with Crippen LogP contribution in [0.4, 0.5) is 5.82 Å². The number of morpholine rings is 1. The second-order valence-corrected chi connectivity index (χ2v) is 8.63. The Bertz CT molecular complexity index is 1100. The Hall–Kier alpha value is -2.98. The maximum Gasteiger partial charge on any atom is 0.330 e. The summed E-state index contributed by atoms with van der Waals surface area (Å²) < 4.78 is 35.0. The van der Waals surface area contributed by atoms with Gasteiger partial charge >= 0.3 is 5.97 Å². The zero-order valence-electron chi connectivity index (χ0n) is 16.8. The highest BCUT2D eigenvalue weighted by atomic mass is 32.2. The lowest BCUT2D eigenvalue weighted by atomic mass is 10.3. The van der Waals surface area contributed by atoms with Gasteiger partial charge in [0.15, 0.2) is 15.7 Å². The number of aromatic nitrogens is 2. The van der Waals surface area contributed by atoms with Gasteiger partial charge in [0, 0.05) is 37.3 Å². The zero-order valence-corrected chi connectivity index (χ0v) is 17.6. The molecule has 2 aromatic rings. The van der Waals surface area contributed by atoms with E-state index in [4.69, 9.17) is 9.47 Å². The van der Waals surface area contributed by atoms with E-state index in [1.165, 1.54) is 35.0 Å². The van der Waals surface area contributed by atoms with E-state index in [2.05, 4.69) is 4.98 Å². The quantitative estimate of drug-likeness (QED) is 0.491. The van der Waals surface area contributed by atoms with Gasteiger partial charge in [-0.05, 0) is 37.3 Å². The molecule has 0 N–H and O–H groups in total. The maximum atomic E-state index is 13.1. The Morgan fingerprint density at radius 2 is 1.90 bits per heavy atom. The first kappa shape index (κ1) is 21.7. The molecule has 0 spiro atoms. The number of carbonyl (C=O) groups excluding carboxylic acids is 1. The molecule has 0 saturated carbocycles. The zero-order chi connectivity index (χ0) is 21.7. The molecular formula is C20H23N3O6S. The minimum Gasteiger partial charge on any atom is -0.463 e. The van der Waals surface area contributed by atoms with Crippen LogP contribution in [-0.2, 0) is 24.1 Å². The third kappa shape index (κ3) is 5.14. The van der Waals surface area contributed by atoms with Crippen LogP contribution in [0.25, 0.3) is 11.8 Å². The molecule has 1 fully saturated rings. The summed E-state index contributed by atoms with van der Waals surface area (Å²) in [5.74, 6) is -0.279. The molecule has 10 heteroatoms. The molecule has 0 amide bonds. The van der Waals surface area contributed by atoms with E-state index in [-0.39, 0.29) is 22.9 Å². The molecule has 30 heavy (non-hydrogen) atoms. The lowest BCUT2D eigenvalue weighted by Crippen LogP contribution is -2.41. The van der Waals surface area contributed by atoms with Crippen LogP contribution < -0.4 is 10.5 Å². The van der Waals surface area contributed by atoms with Crippen molar-refractivity contribution in [1.29, 1.82) is 0 Å². The predicted molar refractivity (Wildman–Crippen MR) is 112 cm³/mol. The van der Waals surface area contributed by atoms with E-state index < -0.39 is 15.8 Å². The topological polar surface area (TPSA) is 108 Å². The van der Waals surface area contributed by atoms with Gasteiger partial charge in [0.05, 0.1) is 30.4 Å². The molecule has 1 saturated heterocycles. The second kappa shape index (κ2) is 9.23. The number of hydrogen-bond donors (Lipinski definition) is 0. The van der Waals surface area contributed by atoms with Gasteiger partial charge in [-0.25, -0.2) is 18.2 Å². The van der Waals surface area contributed by atoms with Gasteiger partial charge in [0.2, 0.25) is 0 Å². The average Bonchev–Trinajstić information content (AvgIpc) is 2.73. The fraction of sp³-hybridized carbons (Fsp3) is 0.350. The summed E-state index contributed by atoms with van der Waals surface area (Å²) in [4.78, 5) is 31.2. The molecule has 1 aromatic carbocycles. The number of anilines is 1. The van der Waals surface area contributed by atoms with Crippen molar-refractivity contribution in [2.45, 2.75) is 11.8 Å². The second-order valence-electron chi connectivity index (χ2n) is 6.62. The van der Waals surface area contributed by atoms with E-state index >= 15 is 0 Å². The minimum absolute atomic E-state index is 0.157. The van der Waals surface area contributed by atoms with Crippen LogP contribution in [-0.4, -0.2) is 63.1 Å². The van der Waals surface area contributed by atoms with Crippen LogP contribution in [0.5, 0.6) is 0 Å². The Labute approximate surface area is 174 Å². The maximum absolute atomic E-state index is 13.1. The van der Waals surface area contributed by atoms with Crippen molar-refractivity contribution in [2.75, 3.05) is 44.1 Å². The van der Waals surface area contributed by atoms with E-state index in [9.17, 15) is 18.0 Å². The third-order valence-corrected chi connectivity index (χ3v) is 5.57. The van der Waals surface area contributed by atoms with Gasteiger partial charge < -0.3 is 14.4 Å². The smallest absolute Gasteiger partial charge is 0.330 e. The SMILES string of the molecule is CCOC(=O)/C=C/c1cn(-c2ccc(S(C)(=O)=O)cc2)c(=O)c(N2CCOCC2)n1. The monoisotopic (exact) mass is 433 g/mol. The molecule has 0 unspecified atom stereocenters. The summed E-state index contributed by atoms with van der Waals surface area (Å²) in [5.41, 5.74) is 0.517. The van der Waals surface area contributed by atoms with Gasteiger partial charge in [-0.1, -0.05) is 0 Å². The number of carbonyl (C=O) groups is 1. The largest absolute Gasteiger partial charge is 0.463 e. The fourth-order valence-electron chi connectivity index (χ4n) is 2.95. The lowest BCUT2D eigenvalue weighted by molar-refractivity contribution is -0.137. The standard InChI is InChI=1S/C20H23N3O6S/c1-3-29-18(24)9-4-15-14-23(16-5-7-17(8-6-16)30(2,26)27)20(25)19(21-15)22-10-12-28-13-11-22/h4-9,14H,3,10-13H2,1-2H3/b9-4+. The highest BCUT2D eigenvalue weighted by Crippen LogP contribution is 2.16. The summed E-state index contributed by atoms with van der Waals surface area (Å²) in [5, 5.41) is 0. The number of rotatable bonds is 6. The highest BCUT2D eigenvalue weighted by molar-refractivity contribution is 7.90. The fourth-order valence-corrected chi connectivity index (χ4v) is 3.58. The van der Waals surface area contributed by atoms with Crippen molar-refractivity contribution in [3.05, 3.63) is 52.6 Å². The molecule has 0 radical (unpaired) electrons. The first-order valence-electron chi connectivity index (χ1n) is 9.41. The van der Waals surface area contributed by atoms with Gasteiger partial charge in [-0.15, -0.1) is 0 Å². The molecule has 3 rings (SSSR count). The molecule has 1 aromatic heterocycles. The summed E-state index contributed by atoms with van der Waals surface area (Å²) in [6, 6.07) is 6.00. The Kier molecular flexibility index (Phi) is 6.68. The molecule has 2 heterocycles. The molecule has 1 aliphatic heterocycles. The van der Waals surface area contributed by atoms with E-state index in [1.807, 2.05) is 4.90 Å². The van der Waals surface area contributed by atoms with Crippen molar-refractivity contribution >= 4 is 27.7 Å². The highest BCUT2D eigenvalue weighted by Gasteiger charge is 2.19. The third-order valence-electron chi connectivity index (χ3n) is 4.44. The molecule has 1 aliphatic rings. The molecule has 0 atom stereocenters. The molecular weight excluding hydrogens is 410 g/mol. The lowest BCUT2D eigenvalue weighted by Gasteiger charge is -2.27. The van der Waals surface area contributed by atoms with Gasteiger partial charge in [0.1, 0.15) is 0 Å². The molecule has 9 nitrogen and oxygen atoms in total. The van der Waals surface area contributed by atoms with Crippen molar-refractivity contribution in [3.8, 4) is 5.69 Å². The van der Waals surface area contributed by atoms with Crippen LogP contribution in [0.3, 0.4) is 0 Å². The van der Waals surface area contributed by atoms with Crippen LogP contribution in [0.15, 0.2) is 46.2 Å². The number of esters is 1. The van der Waals surface area contributed by atoms with E-state index in [0.29, 0.717) is 37.7 Å².